The summed E-state index contributed by atoms with van der Waals surface area (Å²) in [6.45, 7) is 9.50. The molecule has 0 N–H and O–H groups in total. The Hall–Kier alpha value is -1.50. The molecule has 0 spiro atoms. The van der Waals surface area contributed by atoms with Gasteiger partial charge in [0.2, 0.25) is 0 Å². The Bertz CT molecular complexity index is 337. The number of methoxy groups -OCH3 is 1. The molecule has 0 saturated heterocycles. The van der Waals surface area contributed by atoms with E-state index < -0.39 is 0 Å². The van der Waals surface area contributed by atoms with Crippen LogP contribution in [0.25, 0.3) is 12.2 Å². The van der Waals surface area contributed by atoms with Gasteiger partial charge in [0.05, 0.1) is 7.11 Å². The summed E-state index contributed by atoms with van der Waals surface area (Å²) in [6.07, 6.45) is 3.63. The lowest BCUT2D eigenvalue weighted by molar-refractivity contribution is 0.411. The lowest BCUT2D eigenvalue weighted by Crippen LogP contribution is -1.90. The van der Waals surface area contributed by atoms with Crippen LogP contribution in [0.2, 0.25) is 0 Å². The minimum Gasteiger partial charge on any atom is -0.496 e. The molecule has 1 aromatic rings. The summed E-state index contributed by atoms with van der Waals surface area (Å²) in [4.78, 5) is 0. The second kappa shape index (κ2) is 3.94. The molecule has 0 saturated carbocycles. The first-order chi connectivity index (χ1) is 6.22. The molecule has 1 nitrogen and oxygen atoms in total. The molecule has 0 fully saturated rings. The fourth-order valence-corrected chi connectivity index (χ4v) is 1.30. The first kappa shape index (κ1) is 9.59. The van der Waals surface area contributed by atoms with Gasteiger partial charge >= 0.3 is 0 Å². The quantitative estimate of drug-likeness (QED) is 0.683. The molecule has 0 atom stereocenters. The Balaban J connectivity index is 3.34. The predicted molar refractivity (Wildman–Crippen MR) is 57.9 cm³/mol. The van der Waals surface area contributed by atoms with Gasteiger partial charge in [-0.05, 0) is 35.7 Å². The number of aryl methyl sites for hydroxylation is 1. The monoisotopic (exact) mass is 174 g/mol. The summed E-state index contributed by atoms with van der Waals surface area (Å²) < 4.78 is 5.20. The maximum absolute atomic E-state index is 5.20. The van der Waals surface area contributed by atoms with Gasteiger partial charge in [0, 0.05) is 0 Å². The highest BCUT2D eigenvalue weighted by atomic mass is 16.5. The molecule has 0 aliphatic rings. The van der Waals surface area contributed by atoms with Gasteiger partial charge in [-0.2, -0.15) is 0 Å². The Kier molecular flexibility index (Phi) is 2.91. The van der Waals surface area contributed by atoms with Crippen molar-refractivity contribution in [3.63, 3.8) is 0 Å². The van der Waals surface area contributed by atoms with Crippen molar-refractivity contribution in [1.29, 1.82) is 0 Å². The van der Waals surface area contributed by atoms with Gasteiger partial charge in [0.1, 0.15) is 5.75 Å². The van der Waals surface area contributed by atoms with Crippen LogP contribution in [0.4, 0.5) is 0 Å². The lowest BCUT2D eigenvalue weighted by Gasteiger charge is -2.08. The molecule has 13 heavy (non-hydrogen) atoms. The number of hydrogen-bond acceptors (Lipinski definition) is 1. The van der Waals surface area contributed by atoms with E-state index in [1.54, 1.807) is 13.2 Å². The maximum atomic E-state index is 5.20. The van der Waals surface area contributed by atoms with E-state index in [4.69, 9.17) is 4.74 Å². The largest absolute Gasteiger partial charge is 0.496 e. The highest BCUT2D eigenvalue weighted by Gasteiger charge is 2.02. The smallest absolute Gasteiger partial charge is 0.122 e. The lowest BCUT2D eigenvalue weighted by atomic mass is 10.0. The average molecular weight is 174 g/mol. The average Bonchev–Trinajstić information content (AvgIpc) is 2.17. The molecule has 0 amide bonds. The van der Waals surface area contributed by atoms with E-state index >= 15 is 0 Å². The topological polar surface area (TPSA) is 9.23 Å². The second-order valence-electron chi connectivity index (χ2n) is 2.86. The van der Waals surface area contributed by atoms with Gasteiger partial charge in [-0.3, -0.25) is 0 Å². The number of ether oxygens (including phenoxy) is 1. The third kappa shape index (κ3) is 1.81. The van der Waals surface area contributed by atoms with E-state index in [0.29, 0.717) is 0 Å². The van der Waals surface area contributed by atoms with Crippen LogP contribution < -0.4 is 4.74 Å². The van der Waals surface area contributed by atoms with Crippen LogP contribution in [0.15, 0.2) is 25.3 Å². The van der Waals surface area contributed by atoms with Crippen LogP contribution in [0.1, 0.15) is 16.7 Å². The molecule has 0 aromatic heterocycles. The highest BCUT2D eigenvalue weighted by molar-refractivity contribution is 5.66. The van der Waals surface area contributed by atoms with Crippen LogP contribution in [0, 0.1) is 6.92 Å². The van der Waals surface area contributed by atoms with Gasteiger partial charge in [0.25, 0.3) is 0 Å². The van der Waals surface area contributed by atoms with Crippen LogP contribution in [-0.2, 0) is 0 Å². The second-order valence-corrected chi connectivity index (χ2v) is 2.86. The molecule has 0 unspecified atom stereocenters. The minimum absolute atomic E-state index is 0.889. The van der Waals surface area contributed by atoms with E-state index in [9.17, 15) is 0 Å². The molecule has 68 valence electrons. The van der Waals surface area contributed by atoms with E-state index in [1.807, 2.05) is 25.1 Å². The predicted octanol–water partition coefficient (Wildman–Crippen LogP) is 3.29. The molecular weight excluding hydrogens is 160 g/mol. The zero-order chi connectivity index (χ0) is 9.84. The molecular formula is C12H14O. The van der Waals surface area contributed by atoms with Crippen molar-refractivity contribution < 1.29 is 4.74 Å². The van der Waals surface area contributed by atoms with E-state index in [2.05, 4.69) is 13.2 Å². The van der Waals surface area contributed by atoms with Crippen molar-refractivity contribution in [2.75, 3.05) is 7.11 Å². The highest BCUT2D eigenvalue weighted by Crippen LogP contribution is 2.24. The normalized spacial score (nSPS) is 9.38. The van der Waals surface area contributed by atoms with Gasteiger partial charge in [-0.1, -0.05) is 25.3 Å². The van der Waals surface area contributed by atoms with Crippen molar-refractivity contribution in [3.8, 4) is 5.75 Å². The van der Waals surface area contributed by atoms with Gasteiger partial charge in [0.15, 0.2) is 0 Å². The van der Waals surface area contributed by atoms with Gasteiger partial charge < -0.3 is 4.74 Å². The number of hydrogen-bond donors (Lipinski definition) is 0. The number of rotatable bonds is 3. The van der Waals surface area contributed by atoms with Crippen LogP contribution in [0.5, 0.6) is 5.75 Å². The Labute approximate surface area is 79.4 Å². The summed E-state index contributed by atoms with van der Waals surface area (Å²) in [5.74, 6) is 0.889. The molecule has 1 aromatic carbocycles. The SMILES string of the molecule is C=Cc1cc(C)c(OC)cc1C=C. The molecule has 1 rings (SSSR count). The van der Waals surface area contributed by atoms with E-state index in [1.165, 1.54) is 0 Å². The molecule has 0 bridgehead atoms. The molecule has 1 heteroatoms. The van der Waals surface area contributed by atoms with E-state index in [-0.39, 0.29) is 0 Å². The molecule has 0 heterocycles. The van der Waals surface area contributed by atoms with Crippen molar-refractivity contribution in [2.24, 2.45) is 0 Å². The standard InChI is InChI=1S/C12H14O/c1-5-10-7-9(3)12(13-4)8-11(10)6-2/h5-8H,1-2H2,3-4H3. The van der Waals surface area contributed by atoms with Crippen LogP contribution in [0.3, 0.4) is 0 Å². The molecule has 0 radical (unpaired) electrons. The van der Waals surface area contributed by atoms with Crippen LogP contribution in [-0.4, -0.2) is 7.11 Å². The minimum atomic E-state index is 0.889. The Morgan fingerprint density at radius 3 is 2.15 bits per heavy atom. The number of benzene rings is 1. The van der Waals surface area contributed by atoms with Crippen molar-refractivity contribution in [2.45, 2.75) is 6.92 Å². The zero-order valence-electron chi connectivity index (χ0n) is 8.13. The summed E-state index contributed by atoms with van der Waals surface area (Å²) in [5, 5.41) is 0. The summed E-state index contributed by atoms with van der Waals surface area (Å²) in [6, 6.07) is 4.02. The van der Waals surface area contributed by atoms with Crippen molar-refractivity contribution >= 4 is 12.2 Å². The summed E-state index contributed by atoms with van der Waals surface area (Å²) in [5.41, 5.74) is 3.26. The zero-order valence-corrected chi connectivity index (χ0v) is 8.13. The summed E-state index contributed by atoms with van der Waals surface area (Å²) >= 11 is 0. The Morgan fingerprint density at radius 1 is 1.15 bits per heavy atom. The fraction of sp³-hybridized carbons (Fsp3) is 0.167. The van der Waals surface area contributed by atoms with Crippen molar-refractivity contribution in [3.05, 3.63) is 42.0 Å². The first-order valence-corrected chi connectivity index (χ1v) is 4.16. The maximum Gasteiger partial charge on any atom is 0.122 e. The van der Waals surface area contributed by atoms with Crippen molar-refractivity contribution in [1.82, 2.24) is 0 Å². The van der Waals surface area contributed by atoms with Gasteiger partial charge in [-0.15, -0.1) is 0 Å². The molecule has 0 aliphatic heterocycles. The third-order valence-corrected chi connectivity index (χ3v) is 2.04. The fourth-order valence-electron chi connectivity index (χ4n) is 1.30. The third-order valence-electron chi connectivity index (χ3n) is 2.04. The first-order valence-electron chi connectivity index (χ1n) is 4.16. The molecule has 0 aliphatic carbocycles. The van der Waals surface area contributed by atoms with Crippen LogP contribution >= 0.6 is 0 Å². The van der Waals surface area contributed by atoms with Gasteiger partial charge in [-0.25, -0.2) is 0 Å². The Morgan fingerprint density at radius 2 is 1.69 bits per heavy atom. The van der Waals surface area contributed by atoms with E-state index in [0.717, 1.165) is 22.4 Å². The summed E-state index contributed by atoms with van der Waals surface area (Å²) in [7, 11) is 1.67.